The Kier molecular flexibility index (Phi) is 2.86. The Morgan fingerprint density at radius 1 is 1.00 bits per heavy atom. The number of benzene rings is 2. The molecule has 0 aliphatic heterocycles. The van der Waals surface area contributed by atoms with Gasteiger partial charge in [-0.3, -0.25) is 0 Å². The Morgan fingerprint density at radius 3 is 2.62 bits per heavy atom. The number of anilines is 1. The lowest BCUT2D eigenvalue weighted by Crippen LogP contribution is -2.00. The van der Waals surface area contributed by atoms with E-state index in [4.69, 9.17) is 5.73 Å². The van der Waals surface area contributed by atoms with E-state index in [2.05, 4.69) is 36.9 Å². The molecule has 1 aliphatic rings. The molecule has 3 aromatic rings. The number of aryl methyl sites for hydroxylation is 1. The number of hydrogen-bond acceptors (Lipinski definition) is 2. The van der Waals surface area contributed by atoms with Crippen molar-refractivity contribution in [3.05, 3.63) is 65.1 Å². The molecular weight excluding hydrogens is 274 g/mol. The zero-order valence-corrected chi connectivity index (χ0v) is 12.7. The fourth-order valence-corrected chi connectivity index (χ4v) is 4.49. The number of nitrogens with two attached hydrogens (primary N) is 1. The molecular formula is C19H17NS. The fraction of sp³-hybridized carbons (Fsp3) is 0.158. The predicted molar refractivity (Wildman–Crippen MR) is 92.8 cm³/mol. The first-order valence-corrected chi connectivity index (χ1v) is 8.10. The predicted octanol–water partition coefficient (Wildman–Crippen LogP) is 5.20. The first-order chi connectivity index (χ1) is 10.2. The lowest BCUT2D eigenvalue weighted by molar-refractivity contribution is 0.865. The molecule has 0 radical (unpaired) electrons. The maximum absolute atomic E-state index is 5.81. The van der Waals surface area contributed by atoms with Gasteiger partial charge in [0.1, 0.15) is 0 Å². The van der Waals surface area contributed by atoms with Gasteiger partial charge < -0.3 is 5.73 Å². The molecule has 0 atom stereocenters. The minimum absolute atomic E-state index is 0.813. The first-order valence-electron chi connectivity index (χ1n) is 7.28. The highest BCUT2D eigenvalue weighted by atomic mass is 32.1. The van der Waals surface area contributed by atoms with Gasteiger partial charge in [-0.05, 0) is 53.5 Å². The van der Waals surface area contributed by atoms with E-state index >= 15 is 0 Å². The fourth-order valence-electron chi connectivity index (χ4n) is 3.13. The largest absolute Gasteiger partial charge is 0.399 e. The normalized spacial score (nSPS) is 14.4. The number of thiophene rings is 1. The van der Waals surface area contributed by atoms with Crippen LogP contribution in [0.3, 0.4) is 0 Å². The average Bonchev–Trinajstić information content (AvgIpc) is 2.86. The highest BCUT2D eigenvalue weighted by Gasteiger charge is 2.19. The van der Waals surface area contributed by atoms with Gasteiger partial charge in [0.15, 0.2) is 0 Å². The smallest absolute Gasteiger partial charge is 0.0427 e. The van der Waals surface area contributed by atoms with Crippen LogP contribution in [0.4, 0.5) is 5.69 Å². The highest BCUT2D eigenvalue weighted by Crippen LogP contribution is 2.42. The summed E-state index contributed by atoms with van der Waals surface area (Å²) >= 11 is 1.96. The van der Waals surface area contributed by atoms with Gasteiger partial charge in [0.25, 0.3) is 0 Å². The quantitative estimate of drug-likeness (QED) is 0.484. The van der Waals surface area contributed by atoms with Crippen molar-refractivity contribution in [1.82, 2.24) is 0 Å². The van der Waals surface area contributed by atoms with Crippen LogP contribution in [-0.4, -0.2) is 0 Å². The van der Waals surface area contributed by atoms with Crippen molar-refractivity contribution < 1.29 is 0 Å². The van der Waals surface area contributed by atoms with Crippen LogP contribution in [-0.2, 0) is 12.8 Å². The minimum Gasteiger partial charge on any atom is -0.399 e. The van der Waals surface area contributed by atoms with E-state index in [1.165, 1.54) is 32.3 Å². The van der Waals surface area contributed by atoms with E-state index in [0.717, 1.165) is 24.9 Å². The Bertz CT molecular complexity index is 840. The molecule has 0 spiro atoms. The van der Waals surface area contributed by atoms with Crippen LogP contribution in [0.1, 0.15) is 16.9 Å². The molecule has 1 aromatic heterocycles. The van der Waals surface area contributed by atoms with Crippen molar-refractivity contribution in [3.63, 3.8) is 0 Å². The van der Waals surface area contributed by atoms with Crippen LogP contribution in [0, 0.1) is 0 Å². The molecule has 0 fully saturated rings. The lowest BCUT2D eigenvalue weighted by atomic mass is 9.92. The first kappa shape index (κ1) is 12.7. The van der Waals surface area contributed by atoms with Crippen molar-refractivity contribution in [3.8, 4) is 11.1 Å². The van der Waals surface area contributed by atoms with E-state index in [9.17, 15) is 0 Å². The highest BCUT2D eigenvalue weighted by molar-refractivity contribution is 7.19. The number of rotatable bonds is 1. The summed E-state index contributed by atoms with van der Waals surface area (Å²) < 4.78 is 1.40. The standard InChI is InChI=1S/C19H17NS/c1-12-5-10-18-17(11-12)16-4-2-3-15(19(16)21-18)13-6-8-14(20)9-7-13/h2-4,6-9H,1,5,10-11,20H2. The number of hydrogen-bond donors (Lipinski definition) is 1. The molecule has 0 saturated carbocycles. The van der Waals surface area contributed by atoms with Crippen molar-refractivity contribution in [2.75, 3.05) is 5.73 Å². The van der Waals surface area contributed by atoms with Gasteiger partial charge in [-0.1, -0.05) is 42.5 Å². The topological polar surface area (TPSA) is 26.0 Å². The lowest BCUT2D eigenvalue weighted by Gasteiger charge is -2.13. The zero-order chi connectivity index (χ0) is 14.4. The summed E-state index contributed by atoms with van der Waals surface area (Å²) in [6, 6.07) is 14.8. The molecule has 1 nitrogen and oxygen atoms in total. The molecule has 0 unspecified atom stereocenters. The van der Waals surface area contributed by atoms with E-state index in [1.54, 1.807) is 4.88 Å². The van der Waals surface area contributed by atoms with Crippen LogP contribution in [0.15, 0.2) is 54.6 Å². The Labute approximate surface area is 128 Å². The maximum atomic E-state index is 5.81. The van der Waals surface area contributed by atoms with Crippen molar-refractivity contribution in [2.45, 2.75) is 19.3 Å². The monoisotopic (exact) mass is 291 g/mol. The summed E-state index contributed by atoms with van der Waals surface area (Å²) in [5, 5.41) is 1.41. The molecule has 0 bridgehead atoms. The number of allylic oxidation sites excluding steroid dienone is 1. The molecule has 2 heteroatoms. The van der Waals surface area contributed by atoms with Gasteiger partial charge in [-0.15, -0.1) is 11.3 Å². The van der Waals surface area contributed by atoms with Crippen molar-refractivity contribution in [1.29, 1.82) is 0 Å². The third-order valence-corrected chi connectivity index (χ3v) is 5.60. The second kappa shape index (κ2) is 4.74. The van der Waals surface area contributed by atoms with E-state index in [1.807, 2.05) is 23.5 Å². The maximum Gasteiger partial charge on any atom is 0.0427 e. The molecule has 4 rings (SSSR count). The van der Waals surface area contributed by atoms with Crippen LogP contribution in [0.2, 0.25) is 0 Å². The van der Waals surface area contributed by atoms with E-state index in [0.29, 0.717) is 0 Å². The summed E-state index contributed by atoms with van der Waals surface area (Å²) in [5.41, 5.74) is 12.0. The Morgan fingerprint density at radius 2 is 1.81 bits per heavy atom. The summed E-state index contributed by atoms with van der Waals surface area (Å²) in [7, 11) is 0. The molecule has 2 N–H and O–H groups in total. The van der Waals surface area contributed by atoms with Crippen LogP contribution in [0.5, 0.6) is 0 Å². The third-order valence-electron chi connectivity index (χ3n) is 4.26. The summed E-state index contributed by atoms with van der Waals surface area (Å²) in [5.74, 6) is 0. The summed E-state index contributed by atoms with van der Waals surface area (Å²) in [6.07, 6.45) is 3.33. The van der Waals surface area contributed by atoms with Gasteiger partial charge in [-0.25, -0.2) is 0 Å². The van der Waals surface area contributed by atoms with Gasteiger partial charge in [0.05, 0.1) is 0 Å². The SMILES string of the molecule is C=C1CCc2sc3c(-c4ccc(N)cc4)cccc3c2C1. The van der Waals surface area contributed by atoms with Crippen LogP contribution >= 0.6 is 11.3 Å². The zero-order valence-electron chi connectivity index (χ0n) is 11.9. The number of nitrogen functional groups attached to an aromatic ring is 1. The van der Waals surface area contributed by atoms with Crippen LogP contribution < -0.4 is 5.73 Å². The summed E-state index contributed by atoms with van der Waals surface area (Å²) in [4.78, 5) is 1.54. The molecule has 21 heavy (non-hydrogen) atoms. The molecule has 1 heterocycles. The van der Waals surface area contributed by atoms with Crippen molar-refractivity contribution >= 4 is 27.1 Å². The van der Waals surface area contributed by atoms with Crippen molar-refractivity contribution in [2.24, 2.45) is 0 Å². The summed E-state index contributed by atoms with van der Waals surface area (Å²) in [6.45, 7) is 4.18. The molecule has 1 aliphatic carbocycles. The van der Waals surface area contributed by atoms with Gasteiger partial charge >= 0.3 is 0 Å². The molecule has 2 aromatic carbocycles. The minimum atomic E-state index is 0.813. The average molecular weight is 291 g/mol. The Hall–Kier alpha value is -2.06. The van der Waals surface area contributed by atoms with Gasteiger partial charge in [0, 0.05) is 15.3 Å². The van der Waals surface area contributed by atoms with Gasteiger partial charge in [-0.2, -0.15) is 0 Å². The van der Waals surface area contributed by atoms with Crippen LogP contribution in [0.25, 0.3) is 21.2 Å². The second-order valence-electron chi connectivity index (χ2n) is 5.73. The molecule has 0 saturated heterocycles. The van der Waals surface area contributed by atoms with E-state index < -0.39 is 0 Å². The number of fused-ring (bicyclic) bond motifs is 3. The van der Waals surface area contributed by atoms with Gasteiger partial charge in [0.2, 0.25) is 0 Å². The second-order valence-corrected chi connectivity index (χ2v) is 6.84. The molecule has 104 valence electrons. The van der Waals surface area contributed by atoms with E-state index in [-0.39, 0.29) is 0 Å². The Balaban J connectivity index is 1.95. The third kappa shape index (κ3) is 2.07. The molecule has 0 amide bonds.